The fourth-order valence-corrected chi connectivity index (χ4v) is 3.63. The Hall–Kier alpha value is -2.48. The van der Waals surface area contributed by atoms with Crippen LogP contribution in [0, 0.1) is 0 Å². The van der Waals surface area contributed by atoms with Crippen LogP contribution < -0.4 is 0 Å². The second-order valence-corrected chi connectivity index (χ2v) is 8.83. The SMILES string of the molecule is CS(=O)(=O)c1ccc(-c2n[nH]c(C(=O)CCCO)c2-c2ccc(Cl)cc2)cc1. The molecule has 146 valence electrons. The van der Waals surface area contributed by atoms with E-state index in [2.05, 4.69) is 10.2 Å². The first-order chi connectivity index (χ1) is 13.3. The van der Waals surface area contributed by atoms with Gasteiger partial charge in [-0.25, -0.2) is 8.42 Å². The normalized spacial score (nSPS) is 11.5. The van der Waals surface area contributed by atoms with Crippen molar-refractivity contribution >= 4 is 27.2 Å². The van der Waals surface area contributed by atoms with E-state index in [1.54, 1.807) is 36.4 Å². The Labute approximate surface area is 168 Å². The van der Waals surface area contributed by atoms with E-state index in [9.17, 15) is 13.2 Å². The molecule has 3 rings (SSSR count). The Morgan fingerprint density at radius 2 is 1.68 bits per heavy atom. The summed E-state index contributed by atoms with van der Waals surface area (Å²) in [6.07, 6.45) is 1.69. The maximum atomic E-state index is 12.6. The summed E-state index contributed by atoms with van der Waals surface area (Å²) in [5.74, 6) is -0.162. The van der Waals surface area contributed by atoms with Crippen LogP contribution in [0.3, 0.4) is 0 Å². The number of halogens is 1. The Morgan fingerprint density at radius 1 is 1.07 bits per heavy atom. The Balaban J connectivity index is 2.12. The summed E-state index contributed by atoms with van der Waals surface area (Å²) in [6.45, 7) is -0.0734. The second-order valence-electron chi connectivity index (χ2n) is 6.38. The highest BCUT2D eigenvalue weighted by Crippen LogP contribution is 2.35. The molecule has 0 saturated carbocycles. The standard InChI is InChI=1S/C20H19ClN2O4S/c1-28(26,27)16-10-6-14(7-11-16)19-18(13-4-8-15(21)9-5-13)20(23-22-19)17(25)3-2-12-24/h4-11,24H,2-3,12H2,1H3,(H,22,23). The number of nitrogens with zero attached hydrogens (tertiary/aromatic N) is 1. The Morgan fingerprint density at radius 3 is 2.25 bits per heavy atom. The fraction of sp³-hybridized carbons (Fsp3) is 0.200. The molecule has 0 bridgehead atoms. The molecular weight excluding hydrogens is 400 g/mol. The molecule has 0 saturated heterocycles. The molecule has 8 heteroatoms. The van der Waals surface area contributed by atoms with Crippen LogP contribution in [-0.4, -0.2) is 42.4 Å². The molecule has 0 aliphatic carbocycles. The molecular formula is C20H19ClN2O4S. The lowest BCUT2D eigenvalue weighted by molar-refractivity contribution is 0.0967. The first-order valence-electron chi connectivity index (χ1n) is 8.60. The summed E-state index contributed by atoms with van der Waals surface area (Å²) >= 11 is 5.99. The van der Waals surface area contributed by atoms with E-state index in [0.717, 1.165) is 11.8 Å². The molecule has 2 aromatic carbocycles. The summed E-state index contributed by atoms with van der Waals surface area (Å²) in [4.78, 5) is 12.8. The molecule has 0 fully saturated rings. The number of carbonyl (C=O) groups excluding carboxylic acids is 1. The van der Waals surface area contributed by atoms with Gasteiger partial charge in [0.2, 0.25) is 0 Å². The lowest BCUT2D eigenvalue weighted by atomic mass is 9.96. The Kier molecular flexibility index (Phi) is 5.98. The molecule has 0 radical (unpaired) electrons. The number of sulfone groups is 1. The van der Waals surface area contributed by atoms with Crippen molar-refractivity contribution in [3.63, 3.8) is 0 Å². The number of aliphatic hydroxyl groups excluding tert-OH is 1. The summed E-state index contributed by atoms with van der Waals surface area (Å²) in [6, 6.07) is 13.4. The van der Waals surface area contributed by atoms with Gasteiger partial charge in [-0.2, -0.15) is 5.10 Å². The van der Waals surface area contributed by atoms with Crippen LogP contribution in [0.5, 0.6) is 0 Å². The minimum Gasteiger partial charge on any atom is -0.396 e. The van der Waals surface area contributed by atoms with Gasteiger partial charge in [-0.1, -0.05) is 35.9 Å². The zero-order valence-electron chi connectivity index (χ0n) is 15.1. The largest absolute Gasteiger partial charge is 0.396 e. The fourth-order valence-electron chi connectivity index (χ4n) is 2.87. The summed E-state index contributed by atoms with van der Waals surface area (Å²) in [5, 5.41) is 16.7. The number of benzene rings is 2. The highest BCUT2D eigenvalue weighted by molar-refractivity contribution is 7.90. The smallest absolute Gasteiger partial charge is 0.181 e. The molecule has 2 N–H and O–H groups in total. The van der Waals surface area contributed by atoms with Crippen LogP contribution in [0.4, 0.5) is 0 Å². The molecule has 3 aromatic rings. The van der Waals surface area contributed by atoms with Gasteiger partial charge in [0.05, 0.1) is 4.90 Å². The maximum Gasteiger partial charge on any atom is 0.181 e. The first kappa shape index (κ1) is 20.3. The van der Waals surface area contributed by atoms with Crippen molar-refractivity contribution in [3.8, 4) is 22.4 Å². The number of carbonyl (C=O) groups is 1. The highest BCUT2D eigenvalue weighted by atomic mass is 35.5. The molecule has 0 amide bonds. The number of ketones is 1. The molecule has 0 atom stereocenters. The van der Waals surface area contributed by atoms with E-state index >= 15 is 0 Å². The molecule has 0 aliphatic heterocycles. The van der Waals surface area contributed by atoms with Gasteiger partial charge in [0.15, 0.2) is 15.6 Å². The average molecular weight is 419 g/mol. The van der Waals surface area contributed by atoms with Crippen molar-refractivity contribution in [1.29, 1.82) is 0 Å². The summed E-state index contributed by atoms with van der Waals surface area (Å²) in [7, 11) is -3.31. The van der Waals surface area contributed by atoms with Crippen molar-refractivity contribution in [2.75, 3.05) is 12.9 Å². The van der Waals surface area contributed by atoms with E-state index in [1.165, 1.54) is 12.1 Å². The number of nitrogens with one attached hydrogen (secondary N) is 1. The van der Waals surface area contributed by atoms with Crippen molar-refractivity contribution in [2.24, 2.45) is 0 Å². The van der Waals surface area contributed by atoms with Gasteiger partial charge < -0.3 is 5.11 Å². The van der Waals surface area contributed by atoms with Crippen molar-refractivity contribution in [3.05, 3.63) is 59.2 Å². The molecule has 6 nitrogen and oxygen atoms in total. The van der Waals surface area contributed by atoms with Crippen molar-refractivity contribution in [2.45, 2.75) is 17.7 Å². The van der Waals surface area contributed by atoms with Crippen LogP contribution in [0.1, 0.15) is 23.3 Å². The number of Topliss-reactive ketones (excluding diaryl/α,β-unsaturated/α-hetero) is 1. The van der Waals surface area contributed by atoms with Gasteiger partial charge in [0.25, 0.3) is 0 Å². The van der Waals surface area contributed by atoms with E-state index in [4.69, 9.17) is 16.7 Å². The minimum atomic E-state index is -3.31. The number of H-pyrrole nitrogens is 1. The van der Waals surface area contributed by atoms with Crippen LogP contribution >= 0.6 is 11.6 Å². The second kappa shape index (κ2) is 8.26. The molecule has 1 heterocycles. The van der Waals surface area contributed by atoms with Crippen molar-refractivity contribution in [1.82, 2.24) is 10.2 Å². The molecule has 28 heavy (non-hydrogen) atoms. The van der Waals surface area contributed by atoms with Crippen LogP contribution in [0.15, 0.2) is 53.4 Å². The molecule has 0 aliphatic rings. The third-order valence-corrected chi connectivity index (χ3v) is 5.68. The monoisotopic (exact) mass is 418 g/mol. The number of hydrogen-bond donors (Lipinski definition) is 2. The van der Waals surface area contributed by atoms with E-state index in [1.807, 2.05) is 0 Å². The predicted molar refractivity (Wildman–Crippen MR) is 108 cm³/mol. The molecule has 0 unspecified atom stereocenters. The van der Waals surface area contributed by atoms with Gasteiger partial charge in [-0.3, -0.25) is 9.89 Å². The zero-order chi connectivity index (χ0) is 20.3. The van der Waals surface area contributed by atoms with E-state index in [-0.39, 0.29) is 23.7 Å². The van der Waals surface area contributed by atoms with Crippen LogP contribution in [-0.2, 0) is 9.84 Å². The number of rotatable bonds is 7. The van der Waals surface area contributed by atoms with Gasteiger partial charge in [0, 0.05) is 35.4 Å². The third-order valence-electron chi connectivity index (χ3n) is 4.30. The maximum absolute atomic E-state index is 12.6. The number of aromatic nitrogens is 2. The minimum absolute atomic E-state index is 0.0734. The molecule has 1 aromatic heterocycles. The van der Waals surface area contributed by atoms with Gasteiger partial charge >= 0.3 is 0 Å². The lowest BCUT2D eigenvalue weighted by Crippen LogP contribution is -2.03. The van der Waals surface area contributed by atoms with Crippen LogP contribution in [0.25, 0.3) is 22.4 Å². The predicted octanol–water partition coefficient (Wildman–Crippen LogP) is 3.76. The molecule has 0 spiro atoms. The highest BCUT2D eigenvalue weighted by Gasteiger charge is 2.21. The quantitative estimate of drug-likeness (QED) is 0.569. The summed E-state index contributed by atoms with van der Waals surface area (Å²) < 4.78 is 23.4. The van der Waals surface area contributed by atoms with Crippen LogP contribution in [0.2, 0.25) is 5.02 Å². The van der Waals surface area contributed by atoms with E-state index in [0.29, 0.717) is 34.0 Å². The van der Waals surface area contributed by atoms with Crippen molar-refractivity contribution < 1.29 is 18.3 Å². The summed E-state index contributed by atoms with van der Waals surface area (Å²) in [5.41, 5.74) is 2.93. The van der Waals surface area contributed by atoms with E-state index < -0.39 is 9.84 Å². The first-order valence-corrected chi connectivity index (χ1v) is 10.9. The zero-order valence-corrected chi connectivity index (χ0v) is 16.7. The third kappa shape index (κ3) is 4.32. The average Bonchev–Trinajstić information content (AvgIpc) is 3.11. The number of hydrogen-bond acceptors (Lipinski definition) is 5. The number of aliphatic hydroxyl groups is 1. The lowest BCUT2D eigenvalue weighted by Gasteiger charge is -2.07. The van der Waals surface area contributed by atoms with Gasteiger partial charge in [0.1, 0.15) is 11.4 Å². The van der Waals surface area contributed by atoms with Gasteiger partial charge in [-0.15, -0.1) is 0 Å². The number of aromatic amines is 1. The topological polar surface area (TPSA) is 100 Å². The van der Waals surface area contributed by atoms with Gasteiger partial charge in [-0.05, 0) is 36.2 Å². The Bertz CT molecular complexity index is 1090.